The average Bonchev–Trinajstić information content (AvgIpc) is 2.45. The van der Waals surface area contributed by atoms with E-state index >= 15 is 0 Å². The predicted octanol–water partition coefficient (Wildman–Crippen LogP) is 2.27. The first-order chi connectivity index (χ1) is 9.61. The van der Waals surface area contributed by atoms with Crippen molar-refractivity contribution in [2.24, 2.45) is 5.92 Å². The number of carbonyl (C=O) groups excluding carboxylic acids is 1. The molecule has 1 aromatic rings. The summed E-state index contributed by atoms with van der Waals surface area (Å²) in [7, 11) is 1.42. The molecule has 1 aliphatic heterocycles. The highest BCUT2D eigenvalue weighted by atomic mass is 19.1. The fourth-order valence-corrected chi connectivity index (χ4v) is 2.41. The summed E-state index contributed by atoms with van der Waals surface area (Å²) < 4.78 is 23.9. The molecule has 1 N–H and O–H groups in total. The number of methoxy groups -OCH3 is 1. The van der Waals surface area contributed by atoms with Crippen molar-refractivity contribution in [3.05, 3.63) is 29.6 Å². The van der Waals surface area contributed by atoms with Gasteiger partial charge >= 0.3 is 0 Å². The first-order valence-corrected chi connectivity index (χ1v) is 6.83. The van der Waals surface area contributed by atoms with E-state index in [9.17, 15) is 9.18 Å². The topological polar surface area (TPSA) is 47.6 Å². The Labute approximate surface area is 118 Å². The number of carbonyl (C=O) groups is 1. The van der Waals surface area contributed by atoms with Gasteiger partial charge in [0.2, 0.25) is 5.91 Å². The minimum atomic E-state index is -0.423. The molecule has 1 amide bonds. The SMILES string of the molecule is COc1ccc(CNC(=O)[C@H]2CCCO[C@@H]2C)cc1F. The molecule has 1 fully saturated rings. The summed E-state index contributed by atoms with van der Waals surface area (Å²) in [5, 5.41) is 2.84. The fourth-order valence-electron chi connectivity index (χ4n) is 2.41. The third-order valence-corrected chi connectivity index (χ3v) is 3.63. The number of rotatable bonds is 4. The Kier molecular flexibility index (Phi) is 4.95. The second-order valence-electron chi connectivity index (χ2n) is 5.01. The molecule has 5 heteroatoms. The van der Waals surface area contributed by atoms with E-state index in [4.69, 9.17) is 9.47 Å². The Balaban J connectivity index is 1.91. The lowest BCUT2D eigenvalue weighted by molar-refractivity contribution is -0.133. The van der Waals surface area contributed by atoms with Crippen LogP contribution in [-0.2, 0) is 16.1 Å². The van der Waals surface area contributed by atoms with Gasteiger partial charge in [-0.3, -0.25) is 4.79 Å². The molecule has 1 heterocycles. The van der Waals surface area contributed by atoms with Crippen LogP contribution in [0.3, 0.4) is 0 Å². The summed E-state index contributed by atoms with van der Waals surface area (Å²) in [5.41, 5.74) is 0.709. The molecule has 2 rings (SSSR count). The van der Waals surface area contributed by atoms with E-state index < -0.39 is 5.82 Å². The summed E-state index contributed by atoms with van der Waals surface area (Å²) in [6, 6.07) is 4.67. The molecule has 1 aromatic carbocycles. The number of amides is 1. The Morgan fingerprint density at radius 2 is 2.35 bits per heavy atom. The smallest absolute Gasteiger partial charge is 0.225 e. The summed E-state index contributed by atoms with van der Waals surface area (Å²) in [6.45, 7) is 2.94. The van der Waals surface area contributed by atoms with Gasteiger partial charge in [0.05, 0.1) is 19.1 Å². The van der Waals surface area contributed by atoms with Crippen molar-refractivity contribution in [3.63, 3.8) is 0 Å². The molecule has 0 aromatic heterocycles. The summed E-state index contributed by atoms with van der Waals surface area (Å²) in [5.74, 6) is -0.372. The normalized spacial score (nSPS) is 22.4. The van der Waals surface area contributed by atoms with E-state index in [1.807, 2.05) is 6.92 Å². The third kappa shape index (κ3) is 3.48. The van der Waals surface area contributed by atoms with Gasteiger partial charge in [0, 0.05) is 13.2 Å². The van der Waals surface area contributed by atoms with Crippen LogP contribution in [-0.4, -0.2) is 25.7 Å². The maximum absolute atomic E-state index is 13.5. The van der Waals surface area contributed by atoms with Crippen molar-refractivity contribution >= 4 is 5.91 Å². The van der Waals surface area contributed by atoms with Crippen molar-refractivity contribution in [2.45, 2.75) is 32.4 Å². The van der Waals surface area contributed by atoms with Crippen molar-refractivity contribution < 1.29 is 18.7 Å². The molecule has 4 nitrogen and oxygen atoms in total. The molecule has 0 bridgehead atoms. The molecule has 0 aliphatic carbocycles. The first kappa shape index (κ1) is 14.8. The highest BCUT2D eigenvalue weighted by Crippen LogP contribution is 2.21. The molecule has 20 heavy (non-hydrogen) atoms. The lowest BCUT2D eigenvalue weighted by Gasteiger charge is -2.28. The van der Waals surface area contributed by atoms with Gasteiger partial charge in [-0.1, -0.05) is 6.07 Å². The Morgan fingerprint density at radius 3 is 3.00 bits per heavy atom. The summed E-state index contributed by atoms with van der Waals surface area (Å²) in [4.78, 5) is 12.1. The van der Waals surface area contributed by atoms with Crippen LogP contribution in [0.25, 0.3) is 0 Å². The minimum Gasteiger partial charge on any atom is -0.494 e. The van der Waals surface area contributed by atoms with Crippen molar-refractivity contribution in [1.82, 2.24) is 5.32 Å². The van der Waals surface area contributed by atoms with Crippen molar-refractivity contribution in [3.8, 4) is 5.75 Å². The van der Waals surface area contributed by atoms with E-state index in [0.717, 1.165) is 12.8 Å². The highest BCUT2D eigenvalue weighted by Gasteiger charge is 2.28. The van der Waals surface area contributed by atoms with Crippen LogP contribution in [0.4, 0.5) is 4.39 Å². The molecular weight excluding hydrogens is 261 g/mol. The van der Waals surface area contributed by atoms with E-state index in [1.54, 1.807) is 12.1 Å². The van der Waals surface area contributed by atoms with Gasteiger partial charge in [0.25, 0.3) is 0 Å². The Bertz CT molecular complexity index is 478. The zero-order chi connectivity index (χ0) is 14.5. The number of nitrogens with one attached hydrogen (secondary N) is 1. The van der Waals surface area contributed by atoms with Crippen LogP contribution in [0.2, 0.25) is 0 Å². The number of ether oxygens (including phenoxy) is 2. The molecule has 0 radical (unpaired) electrons. The lowest BCUT2D eigenvalue weighted by atomic mass is 9.94. The predicted molar refractivity (Wildman–Crippen MR) is 72.9 cm³/mol. The van der Waals surface area contributed by atoms with Crippen LogP contribution < -0.4 is 10.1 Å². The van der Waals surface area contributed by atoms with E-state index in [-0.39, 0.29) is 23.7 Å². The van der Waals surface area contributed by atoms with Crippen LogP contribution in [0.1, 0.15) is 25.3 Å². The van der Waals surface area contributed by atoms with Gasteiger partial charge in [-0.05, 0) is 37.5 Å². The highest BCUT2D eigenvalue weighted by molar-refractivity contribution is 5.79. The van der Waals surface area contributed by atoms with Crippen LogP contribution in [0.5, 0.6) is 5.75 Å². The number of benzene rings is 1. The van der Waals surface area contributed by atoms with Gasteiger partial charge in [0.1, 0.15) is 0 Å². The molecule has 2 atom stereocenters. The third-order valence-electron chi connectivity index (χ3n) is 3.63. The van der Waals surface area contributed by atoms with Gasteiger partial charge in [0.15, 0.2) is 11.6 Å². The van der Waals surface area contributed by atoms with E-state index in [0.29, 0.717) is 18.7 Å². The van der Waals surface area contributed by atoms with Crippen LogP contribution in [0.15, 0.2) is 18.2 Å². The van der Waals surface area contributed by atoms with Crippen molar-refractivity contribution in [2.75, 3.05) is 13.7 Å². The number of hydrogen-bond donors (Lipinski definition) is 1. The lowest BCUT2D eigenvalue weighted by Crippen LogP contribution is -2.39. The zero-order valence-corrected chi connectivity index (χ0v) is 11.8. The maximum Gasteiger partial charge on any atom is 0.225 e. The summed E-state index contributed by atoms with van der Waals surface area (Å²) in [6.07, 6.45) is 1.68. The number of hydrogen-bond acceptors (Lipinski definition) is 3. The van der Waals surface area contributed by atoms with Gasteiger partial charge in [-0.15, -0.1) is 0 Å². The van der Waals surface area contributed by atoms with Crippen molar-refractivity contribution in [1.29, 1.82) is 0 Å². The maximum atomic E-state index is 13.5. The first-order valence-electron chi connectivity index (χ1n) is 6.83. The van der Waals surface area contributed by atoms with Gasteiger partial charge < -0.3 is 14.8 Å². The monoisotopic (exact) mass is 281 g/mol. The molecule has 0 unspecified atom stereocenters. The quantitative estimate of drug-likeness (QED) is 0.921. The average molecular weight is 281 g/mol. The minimum absolute atomic E-state index is 0.0339. The molecule has 0 spiro atoms. The van der Waals surface area contributed by atoms with Gasteiger partial charge in [-0.2, -0.15) is 0 Å². The van der Waals surface area contributed by atoms with Crippen LogP contribution in [0, 0.1) is 11.7 Å². The molecule has 110 valence electrons. The summed E-state index contributed by atoms with van der Waals surface area (Å²) >= 11 is 0. The fraction of sp³-hybridized carbons (Fsp3) is 0.533. The van der Waals surface area contributed by atoms with Crippen LogP contribution >= 0.6 is 0 Å². The zero-order valence-electron chi connectivity index (χ0n) is 11.8. The van der Waals surface area contributed by atoms with Gasteiger partial charge in [-0.25, -0.2) is 4.39 Å². The van der Waals surface area contributed by atoms with E-state index in [2.05, 4.69) is 5.32 Å². The second-order valence-corrected chi connectivity index (χ2v) is 5.01. The molecule has 1 aliphatic rings. The standard InChI is InChI=1S/C15H20FNO3/c1-10-12(4-3-7-20-10)15(18)17-9-11-5-6-14(19-2)13(16)8-11/h5-6,8,10,12H,3-4,7,9H2,1-2H3,(H,17,18)/t10-,12+/m1/s1. The largest absolute Gasteiger partial charge is 0.494 e. The second kappa shape index (κ2) is 6.70. The molecular formula is C15H20FNO3. The molecule has 1 saturated heterocycles. The van der Waals surface area contributed by atoms with E-state index in [1.165, 1.54) is 13.2 Å². The number of halogens is 1. The Hall–Kier alpha value is -1.62. The molecule has 0 saturated carbocycles. The Morgan fingerprint density at radius 1 is 1.55 bits per heavy atom.